The molecule has 0 saturated carbocycles. The Hall–Kier alpha value is 0.840. The summed E-state index contributed by atoms with van der Waals surface area (Å²) in [6.07, 6.45) is 0.173. The van der Waals surface area contributed by atoms with Crippen LogP contribution in [-0.2, 0) is 34.7 Å². The monoisotopic (exact) mass is 242 g/mol. The molecule has 0 spiro atoms. The number of rotatable bonds is 2. The second-order valence-corrected chi connectivity index (χ2v) is 8.10. The van der Waals surface area contributed by atoms with E-state index >= 15 is 0 Å². The van der Waals surface area contributed by atoms with E-state index in [0.717, 1.165) is 4.38 Å². The van der Waals surface area contributed by atoms with Gasteiger partial charge >= 0.3 is 0 Å². The van der Waals surface area contributed by atoms with Gasteiger partial charge in [-0.3, -0.25) is 0 Å². The molecule has 0 aliphatic carbocycles. The third-order valence-corrected chi connectivity index (χ3v) is 4.26. The van der Waals surface area contributed by atoms with Gasteiger partial charge in [0.25, 0.3) is 0 Å². The van der Waals surface area contributed by atoms with E-state index in [-0.39, 0.29) is 6.10 Å². The minimum absolute atomic E-state index is 0.173. The Kier molecular flexibility index (Phi) is 6.76. The van der Waals surface area contributed by atoms with E-state index in [1.807, 2.05) is 13.8 Å². The van der Waals surface area contributed by atoms with E-state index in [2.05, 4.69) is 13.8 Å². The molecule has 0 unspecified atom stereocenters. The van der Waals surface area contributed by atoms with Crippen LogP contribution in [0.1, 0.15) is 27.7 Å². The van der Waals surface area contributed by atoms with Gasteiger partial charge in [-0.15, -0.1) is 0 Å². The third-order valence-electron chi connectivity index (χ3n) is 0.800. The van der Waals surface area contributed by atoms with Crippen LogP contribution >= 0.6 is 11.8 Å². The van der Waals surface area contributed by atoms with Crippen molar-refractivity contribution in [1.29, 1.82) is 0 Å². The molecule has 12 heavy (non-hydrogen) atoms. The molecule has 0 aromatic carbocycles. The summed E-state index contributed by atoms with van der Waals surface area (Å²) in [6, 6.07) is 0. The van der Waals surface area contributed by atoms with Gasteiger partial charge in [0.1, 0.15) is 0 Å². The van der Waals surface area contributed by atoms with Crippen molar-refractivity contribution < 1.29 is 4.74 Å². The largest absolute Gasteiger partial charge is 0.327 e. The standard InChI is InChI=1S/C7H14OS4/c1-5(2)8-7(12(9)10)11-6(3)4/h5-6H,1-4H3. The lowest BCUT2D eigenvalue weighted by molar-refractivity contribution is 0.243. The average Bonchev–Trinajstić information content (AvgIpc) is 1.83. The zero-order valence-corrected chi connectivity index (χ0v) is 11.0. The predicted octanol–water partition coefficient (Wildman–Crippen LogP) is 2.18. The van der Waals surface area contributed by atoms with Crippen LogP contribution in [0.3, 0.4) is 0 Å². The molecule has 0 aromatic heterocycles. The van der Waals surface area contributed by atoms with Crippen LogP contribution < -0.4 is 0 Å². The molecule has 0 amide bonds. The average molecular weight is 242 g/mol. The van der Waals surface area contributed by atoms with Gasteiger partial charge < -0.3 is 4.74 Å². The first-order valence-corrected chi connectivity index (χ1v) is 7.68. The number of ether oxygens (including phenoxy) is 1. The molecule has 5 heteroatoms. The first-order chi connectivity index (χ1) is 5.43. The van der Waals surface area contributed by atoms with Gasteiger partial charge in [-0.1, -0.05) is 25.6 Å². The normalized spacial score (nSPS) is 10.8. The summed E-state index contributed by atoms with van der Waals surface area (Å²) < 4.78 is 6.33. The van der Waals surface area contributed by atoms with Crippen molar-refractivity contribution in [2.45, 2.75) is 39.0 Å². The Labute approximate surface area is 89.7 Å². The fraction of sp³-hybridized carbons (Fsp3) is 0.857. The molecule has 0 heterocycles. The zero-order chi connectivity index (χ0) is 9.72. The summed E-state index contributed by atoms with van der Waals surface area (Å²) >= 11 is 11.6. The molecule has 0 rings (SSSR count). The van der Waals surface area contributed by atoms with Gasteiger partial charge in [0.05, 0.1) is 6.10 Å². The Balaban J connectivity index is 4.39. The van der Waals surface area contributed by atoms with Crippen LogP contribution in [0.25, 0.3) is 0 Å². The molecular formula is C7H14OS4. The second-order valence-electron chi connectivity index (χ2n) is 2.82. The first-order valence-electron chi connectivity index (χ1n) is 3.73. The molecule has 1 nitrogen and oxygen atoms in total. The lowest BCUT2D eigenvalue weighted by Crippen LogP contribution is -2.10. The first kappa shape index (κ1) is 12.8. The molecule has 0 aliphatic heterocycles. The van der Waals surface area contributed by atoms with Crippen molar-refractivity contribution in [3.63, 3.8) is 0 Å². The summed E-state index contributed by atoms with van der Waals surface area (Å²) in [5.74, 6) is 0. The molecule has 0 aliphatic rings. The molecule has 0 fully saturated rings. The maximum atomic E-state index is 5.51. The molecule has 0 N–H and O–H groups in total. The second kappa shape index (κ2) is 6.32. The molecular weight excluding hydrogens is 228 g/mol. The van der Waals surface area contributed by atoms with Gasteiger partial charge in [-0.2, -0.15) is 0 Å². The van der Waals surface area contributed by atoms with E-state index in [9.17, 15) is 0 Å². The maximum Gasteiger partial charge on any atom is 0.176 e. The molecule has 0 bridgehead atoms. The van der Waals surface area contributed by atoms with Crippen LogP contribution in [0, 0.1) is 0 Å². The van der Waals surface area contributed by atoms with Crippen molar-refractivity contribution in [2.75, 3.05) is 0 Å². The van der Waals surface area contributed by atoms with Crippen molar-refractivity contribution >= 4 is 46.1 Å². The van der Waals surface area contributed by atoms with E-state index in [4.69, 9.17) is 27.1 Å². The molecule has 72 valence electrons. The van der Waals surface area contributed by atoms with Crippen molar-refractivity contribution in [2.24, 2.45) is 0 Å². The number of thioether (sulfide) groups is 1. The van der Waals surface area contributed by atoms with E-state index < -0.39 is 7.60 Å². The fourth-order valence-electron chi connectivity index (χ4n) is 0.491. The third kappa shape index (κ3) is 6.37. The molecule has 0 aromatic rings. The van der Waals surface area contributed by atoms with Crippen LogP contribution in [0.15, 0.2) is 0 Å². The minimum Gasteiger partial charge on any atom is -0.327 e. The highest BCUT2D eigenvalue weighted by Gasteiger charge is 2.05. The summed E-state index contributed by atoms with van der Waals surface area (Å²) in [7, 11) is -0.570. The minimum atomic E-state index is -0.570. The van der Waals surface area contributed by atoms with Gasteiger partial charge in [-0.05, 0) is 43.8 Å². The van der Waals surface area contributed by atoms with E-state index in [1.165, 1.54) is 0 Å². The van der Waals surface area contributed by atoms with Gasteiger partial charge in [-0.25, -0.2) is 0 Å². The van der Waals surface area contributed by atoms with Crippen LogP contribution in [0.4, 0.5) is 0 Å². The van der Waals surface area contributed by atoms with Crippen molar-refractivity contribution in [1.82, 2.24) is 0 Å². The summed E-state index contributed by atoms with van der Waals surface area (Å²) in [4.78, 5) is 0. The SMILES string of the molecule is CC(C)OC(SC(C)C)=S(=S)=S. The topological polar surface area (TPSA) is 9.23 Å². The van der Waals surface area contributed by atoms with E-state index in [1.54, 1.807) is 11.8 Å². The maximum absolute atomic E-state index is 5.51. The van der Waals surface area contributed by atoms with E-state index in [0.29, 0.717) is 5.25 Å². The van der Waals surface area contributed by atoms with Crippen molar-refractivity contribution in [3.8, 4) is 0 Å². The Morgan fingerprint density at radius 3 is 2.00 bits per heavy atom. The van der Waals surface area contributed by atoms with Crippen LogP contribution in [-0.4, -0.2) is 15.7 Å². The van der Waals surface area contributed by atoms with Gasteiger partial charge in [0, 0.05) is 5.25 Å². The van der Waals surface area contributed by atoms with Crippen LogP contribution in [0.2, 0.25) is 0 Å². The Morgan fingerprint density at radius 1 is 1.25 bits per heavy atom. The smallest absolute Gasteiger partial charge is 0.176 e. The highest BCUT2D eigenvalue weighted by molar-refractivity contribution is 8.50. The zero-order valence-electron chi connectivity index (χ0n) is 7.70. The highest BCUT2D eigenvalue weighted by atomic mass is 33.1. The number of hydrogen-bond donors (Lipinski definition) is 0. The molecule has 0 atom stereocenters. The summed E-state index contributed by atoms with van der Waals surface area (Å²) in [5, 5.41) is 0.486. The van der Waals surface area contributed by atoms with Crippen LogP contribution in [0.5, 0.6) is 0 Å². The van der Waals surface area contributed by atoms with Crippen molar-refractivity contribution in [3.05, 3.63) is 0 Å². The van der Waals surface area contributed by atoms with Gasteiger partial charge in [0.15, 0.2) is 4.38 Å². The molecule has 0 radical (unpaired) electrons. The van der Waals surface area contributed by atoms with Gasteiger partial charge in [0.2, 0.25) is 0 Å². The summed E-state index contributed by atoms with van der Waals surface area (Å²) in [6.45, 7) is 8.18. The lowest BCUT2D eigenvalue weighted by Gasteiger charge is -2.10. The highest BCUT2D eigenvalue weighted by Crippen LogP contribution is 2.13. The fourth-order valence-corrected chi connectivity index (χ4v) is 3.23. The Morgan fingerprint density at radius 2 is 1.75 bits per heavy atom. The quantitative estimate of drug-likeness (QED) is 0.686. The molecule has 0 saturated heterocycles. The predicted molar refractivity (Wildman–Crippen MR) is 66.1 cm³/mol. The lowest BCUT2D eigenvalue weighted by atomic mass is 10.5. The number of hydrogen-bond acceptors (Lipinski definition) is 4. The summed E-state index contributed by atoms with van der Waals surface area (Å²) in [5.41, 5.74) is 0. The Bertz CT molecular complexity index is 231.